The van der Waals surface area contributed by atoms with E-state index in [1.165, 1.54) is 4.90 Å². The van der Waals surface area contributed by atoms with Crippen LogP contribution in [0.15, 0.2) is 33.7 Å². The summed E-state index contributed by atoms with van der Waals surface area (Å²) in [5.41, 5.74) is 0.890. The molecular weight excluding hydrogens is 236 g/mol. The van der Waals surface area contributed by atoms with Crippen molar-refractivity contribution in [1.82, 2.24) is 10.1 Å². The van der Waals surface area contributed by atoms with Gasteiger partial charge in [0.2, 0.25) is 5.82 Å². The average Bonchev–Trinajstić information content (AvgIpc) is 2.80. The van der Waals surface area contributed by atoms with Crippen molar-refractivity contribution in [2.75, 3.05) is 5.75 Å². The molecule has 0 spiro atoms. The Bertz CT molecular complexity index is 480. The minimum atomic E-state index is -0.730. The number of nitrogens with zero attached hydrogens (tertiary/aromatic N) is 2. The number of hydrogen-bond acceptors (Lipinski definition) is 5. The molecule has 1 N–H and O–H groups in total. The van der Waals surface area contributed by atoms with Crippen LogP contribution in [0, 0.1) is 0 Å². The number of benzene rings is 1. The van der Waals surface area contributed by atoms with Gasteiger partial charge in [-0.2, -0.15) is 4.98 Å². The van der Waals surface area contributed by atoms with Gasteiger partial charge in [0.1, 0.15) is 6.10 Å². The Balaban J connectivity index is 2.21. The van der Waals surface area contributed by atoms with Crippen LogP contribution in [0.4, 0.5) is 0 Å². The highest BCUT2D eigenvalue weighted by atomic mass is 32.2. The number of aromatic nitrogens is 2. The highest BCUT2D eigenvalue weighted by Gasteiger charge is 2.12. The van der Waals surface area contributed by atoms with E-state index in [2.05, 4.69) is 17.1 Å². The van der Waals surface area contributed by atoms with Crippen LogP contribution >= 0.6 is 11.8 Å². The van der Waals surface area contributed by atoms with Crippen molar-refractivity contribution >= 4 is 11.8 Å². The monoisotopic (exact) mass is 250 g/mol. The van der Waals surface area contributed by atoms with Crippen LogP contribution in [-0.4, -0.2) is 21.0 Å². The third kappa shape index (κ3) is 2.87. The Morgan fingerprint density at radius 3 is 2.59 bits per heavy atom. The number of aliphatic hydroxyl groups is 1. The molecule has 0 aliphatic carbocycles. The van der Waals surface area contributed by atoms with E-state index in [-0.39, 0.29) is 5.89 Å². The van der Waals surface area contributed by atoms with E-state index in [1.54, 1.807) is 18.7 Å². The molecule has 17 heavy (non-hydrogen) atoms. The van der Waals surface area contributed by atoms with E-state index in [4.69, 9.17) is 4.52 Å². The van der Waals surface area contributed by atoms with Gasteiger partial charge in [0.05, 0.1) is 0 Å². The molecule has 0 saturated carbocycles. The van der Waals surface area contributed by atoms with Crippen molar-refractivity contribution < 1.29 is 9.63 Å². The molecule has 1 atom stereocenters. The maximum absolute atomic E-state index is 9.30. The second-order valence-corrected chi connectivity index (χ2v) is 4.93. The lowest BCUT2D eigenvalue weighted by molar-refractivity contribution is 0.152. The minimum Gasteiger partial charge on any atom is -0.384 e. The fourth-order valence-corrected chi connectivity index (χ4v) is 2.05. The number of thioether (sulfide) groups is 1. The number of rotatable bonds is 4. The lowest BCUT2D eigenvalue weighted by atomic mass is 10.2. The van der Waals surface area contributed by atoms with Gasteiger partial charge in [-0.25, -0.2) is 0 Å². The standard InChI is InChI=1S/C12H14N2O2S/c1-3-17-10-6-4-9(5-7-10)11-13-12(8(2)15)16-14-11/h4-8,15H,3H2,1-2H3. The number of hydrogen-bond donors (Lipinski definition) is 1. The zero-order chi connectivity index (χ0) is 12.3. The first-order chi connectivity index (χ1) is 8.20. The Labute approximate surface area is 104 Å². The van der Waals surface area contributed by atoms with E-state index in [0.717, 1.165) is 11.3 Å². The van der Waals surface area contributed by atoms with Crippen molar-refractivity contribution in [3.8, 4) is 11.4 Å². The van der Waals surface area contributed by atoms with Gasteiger partial charge in [0.15, 0.2) is 0 Å². The normalized spacial score (nSPS) is 12.6. The van der Waals surface area contributed by atoms with Crippen molar-refractivity contribution in [2.24, 2.45) is 0 Å². The van der Waals surface area contributed by atoms with Crippen molar-refractivity contribution in [3.63, 3.8) is 0 Å². The largest absolute Gasteiger partial charge is 0.384 e. The molecule has 0 aliphatic heterocycles. The third-order valence-electron chi connectivity index (χ3n) is 2.22. The van der Waals surface area contributed by atoms with Gasteiger partial charge in [-0.3, -0.25) is 0 Å². The molecule has 0 fully saturated rings. The first-order valence-electron chi connectivity index (χ1n) is 5.45. The van der Waals surface area contributed by atoms with Crippen LogP contribution in [0.2, 0.25) is 0 Å². The fourth-order valence-electron chi connectivity index (χ4n) is 1.39. The lowest BCUT2D eigenvalue weighted by Crippen LogP contribution is -1.90. The molecule has 2 rings (SSSR count). The second-order valence-electron chi connectivity index (χ2n) is 3.59. The van der Waals surface area contributed by atoms with Crippen LogP contribution in [0.5, 0.6) is 0 Å². The molecule has 90 valence electrons. The van der Waals surface area contributed by atoms with Crippen LogP contribution in [-0.2, 0) is 0 Å². The Morgan fingerprint density at radius 2 is 2.06 bits per heavy atom. The van der Waals surface area contributed by atoms with Gasteiger partial charge in [-0.15, -0.1) is 11.8 Å². The predicted octanol–water partition coefficient (Wildman–Crippen LogP) is 2.90. The Morgan fingerprint density at radius 1 is 1.35 bits per heavy atom. The summed E-state index contributed by atoms with van der Waals surface area (Å²) in [7, 11) is 0. The molecular formula is C12H14N2O2S. The van der Waals surface area contributed by atoms with Crippen molar-refractivity contribution in [2.45, 2.75) is 24.8 Å². The molecule has 1 heterocycles. The SMILES string of the molecule is CCSc1ccc(-c2noc(C(C)O)n2)cc1. The molecule has 0 radical (unpaired) electrons. The number of aliphatic hydroxyl groups excluding tert-OH is 1. The summed E-state index contributed by atoms with van der Waals surface area (Å²) in [5.74, 6) is 1.80. The van der Waals surface area contributed by atoms with E-state index in [1.807, 2.05) is 24.3 Å². The smallest absolute Gasteiger partial charge is 0.255 e. The maximum Gasteiger partial charge on any atom is 0.255 e. The van der Waals surface area contributed by atoms with Crippen LogP contribution < -0.4 is 0 Å². The molecule has 5 heteroatoms. The summed E-state index contributed by atoms with van der Waals surface area (Å²) in [6.07, 6.45) is -0.730. The summed E-state index contributed by atoms with van der Waals surface area (Å²) in [6.45, 7) is 3.71. The lowest BCUT2D eigenvalue weighted by Gasteiger charge is -1.98. The molecule has 0 amide bonds. The van der Waals surface area contributed by atoms with E-state index >= 15 is 0 Å². The molecule has 1 unspecified atom stereocenters. The molecule has 2 aromatic rings. The predicted molar refractivity (Wildman–Crippen MR) is 66.8 cm³/mol. The van der Waals surface area contributed by atoms with Crippen LogP contribution in [0.25, 0.3) is 11.4 Å². The van der Waals surface area contributed by atoms with Crippen molar-refractivity contribution in [1.29, 1.82) is 0 Å². The van der Waals surface area contributed by atoms with Gasteiger partial charge >= 0.3 is 0 Å². The van der Waals surface area contributed by atoms with Gasteiger partial charge < -0.3 is 9.63 Å². The molecule has 0 aliphatic rings. The summed E-state index contributed by atoms with van der Waals surface area (Å²) in [6, 6.07) is 7.97. The minimum absolute atomic E-state index is 0.243. The Hall–Kier alpha value is -1.33. The topological polar surface area (TPSA) is 59.2 Å². The van der Waals surface area contributed by atoms with Gasteiger partial charge in [-0.05, 0) is 36.9 Å². The zero-order valence-electron chi connectivity index (χ0n) is 9.75. The first kappa shape index (κ1) is 12.1. The second kappa shape index (κ2) is 5.33. The summed E-state index contributed by atoms with van der Waals surface area (Å²) < 4.78 is 4.94. The molecule has 1 aromatic carbocycles. The van der Waals surface area contributed by atoms with Crippen molar-refractivity contribution in [3.05, 3.63) is 30.2 Å². The zero-order valence-corrected chi connectivity index (χ0v) is 10.6. The van der Waals surface area contributed by atoms with Crippen LogP contribution in [0.3, 0.4) is 0 Å². The maximum atomic E-state index is 9.30. The van der Waals surface area contributed by atoms with Gasteiger partial charge in [-0.1, -0.05) is 12.1 Å². The van der Waals surface area contributed by atoms with E-state index in [0.29, 0.717) is 5.82 Å². The quantitative estimate of drug-likeness (QED) is 0.845. The van der Waals surface area contributed by atoms with E-state index in [9.17, 15) is 5.11 Å². The first-order valence-corrected chi connectivity index (χ1v) is 6.44. The fraction of sp³-hybridized carbons (Fsp3) is 0.333. The van der Waals surface area contributed by atoms with Crippen LogP contribution in [0.1, 0.15) is 25.8 Å². The third-order valence-corrected chi connectivity index (χ3v) is 3.12. The highest BCUT2D eigenvalue weighted by Crippen LogP contribution is 2.23. The molecule has 1 aromatic heterocycles. The van der Waals surface area contributed by atoms with Gasteiger partial charge in [0, 0.05) is 10.5 Å². The summed E-state index contributed by atoms with van der Waals surface area (Å²) in [5, 5.41) is 13.1. The average molecular weight is 250 g/mol. The van der Waals surface area contributed by atoms with Gasteiger partial charge in [0.25, 0.3) is 5.89 Å². The summed E-state index contributed by atoms with van der Waals surface area (Å²) in [4.78, 5) is 5.34. The summed E-state index contributed by atoms with van der Waals surface area (Å²) >= 11 is 1.79. The Kier molecular flexibility index (Phi) is 3.81. The molecule has 0 bridgehead atoms. The van der Waals surface area contributed by atoms with E-state index < -0.39 is 6.10 Å². The molecule has 0 saturated heterocycles. The molecule has 4 nitrogen and oxygen atoms in total. The highest BCUT2D eigenvalue weighted by molar-refractivity contribution is 7.99.